The minimum Gasteiger partial charge on any atom is -0.465 e. The van der Waals surface area contributed by atoms with Gasteiger partial charge in [-0.25, -0.2) is 9.59 Å². The van der Waals surface area contributed by atoms with Crippen molar-refractivity contribution in [1.29, 1.82) is 0 Å². The van der Waals surface area contributed by atoms with Gasteiger partial charge in [-0.3, -0.25) is 4.79 Å². The number of methoxy groups -OCH3 is 2. The van der Waals surface area contributed by atoms with Crippen molar-refractivity contribution in [3.05, 3.63) is 69.7 Å². The second-order valence-corrected chi connectivity index (χ2v) is 6.36. The summed E-state index contributed by atoms with van der Waals surface area (Å²) in [4.78, 5) is 35.0. The first-order valence-electron chi connectivity index (χ1n) is 8.57. The molecule has 2 rings (SSSR count). The first-order valence-corrected chi connectivity index (χ1v) is 8.95. The van der Waals surface area contributed by atoms with Crippen LogP contribution in [0.15, 0.2) is 42.5 Å². The molecule has 0 aromatic heterocycles. The molecule has 0 saturated heterocycles. The summed E-state index contributed by atoms with van der Waals surface area (Å²) in [5.41, 5.74) is 6.89. The highest BCUT2D eigenvalue weighted by Crippen LogP contribution is 2.29. The first-order chi connectivity index (χ1) is 13.8. The molecule has 0 saturated carbocycles. The molecule has 0 fully saturated rings. The average molecular weight is 421 g/mol. The Bertz CT molecular complexity index is 902. The van der Waals surface area contributed by atoms with Gasteiger partial charge < -0.3 is 25.3 Å². The molecule has 2 amide bonds. The predicted octanol–water partition coefficient (Wildman–Crippen LogP) is 2.69. The second-order valence-electron chi connectivity index (χ2n) is 5.92. The van der Waals surface area contributed by atoms with Gasteiger partial charge in [0.25, 0.3) is 0 Å². The predicted molar refractivity (Wildman–Crippen MR) is 106 cm³/mol. The number of hydrogen-bond acceptors (Lipinski definition) is 6. The van der Waals surface area contributed by atoms with E-state index >= 15 is 0 Å². The normalized spacial score (nSPS) is 11.4. The van der Waals surface area contributed by atoms with Crippen LogP contribution in [0.2, 0.25) is 5.02 Å². The minimum absolute atomic E-state index is 0.126. The molecule has 0 radical (unpaired) electrons. The topological polar surface area (TPSA) is 117 Å². The molecule has 8 nitrogen and oxygen atoms in total. The Balaban J connectivity index is 2.41. The van der Waals surface area contributed by atoms with E-state index in [1.54, 1.807) is 30.3 Å². The van der Waals surface area contributed by atoms with Gasteiger partial charge >= 0.3 is 12.1 Å². The molecule has 0 aliphatic carbocycles. The van der Waals surface area contributed by atoms with Crippen molar-refractivity contribution in [2.24, 2.45) is 5.73 Å². The van der Waals surface area contributed by atoms with Crippen molar-refractivity contribution in [3.63, 3.8) is 0 Å². The lowest BCUT2D eigenvalue weighted by Crippen LogP contribution is -2.27. The number of alkyl carbamates (subject to hydrolysis) is 1. The number of nitrogens with one attached hydrogen (secondary N) is 1. The second kappa shape index (κ2) is 10.4. The Hall–Kier alpha value is -3.10. The summed E-state index contributed by atoms with van der Waals surface area (Å²) in [5, 5.41) is 3.00. The van der Waals surface area contributed by atoms with Crippen LogP contribution in [0.5, 0.6) is 0 Å². The van der Waals surface area contributed by atoms with Crippen LogP contribution in [-0.4, -0.2) is 45.3 Å². The Morgan fingerprint density at radius 3 is 2.38 bits per heavy atom. The molecule has 1 atom stereocenters. The van der Waals surface area contributed by atoms with Crippen LogP contribution in [0.1, 0.15) is 37.9 Å². The SMILES string of the molecule is COC(=O)NCCOC(c1cccc(Cl)c1)c1cc(C(N)=O)cc(C(=O)OC)c1. The van der Waals surface area contributed by atoms with E-state index in [0.29, 0.717) is 16.1 Å². The monoisotopic (exact) mass is 420 g/mol. The van der Waals surface area contributed by atoms with E-state index in [1.807, 2.05) is 0 Å². The molecule has 9 heteroatoms. The van der Waals surface area contributed by atoms with Gasteiger partial charge in [-0.05, 0) is 41.5 Å². The molecule has 1 unspecified atom stereocenters. The zero-order valence-corrected chi connectivity index (χ0v) is 16.7. The first kappa shape index (κ1) is 22.2. The maximum atomic E-state index is 12.0. The molecule has 2 aromatic rings. The van der Waals surface area contributed by atoms with E-state index in [2.05, 4.69) is 10.1 Å². The van der Waals surface area contributed by atoms with Gasteiger partial charge in [0, 0.05) is 17.1 Å². The quantitative estimate of drug-likeness (QED) is 0.501. The number of nitrogens with two attached hydrogens (primary N) is 1. The van der Waals surface area contributed by atoms with Crippen LogP contribution in [0.25, 0.3) is 0 Å². The Morgan fingerprint density at radius 2 is 1.76 bits per heavy atom. The number of halogens is 1. The average Bonchev–Trinajstić information content (AvgIpc) is 2.72. The molecule has 3 N–H and O–H groups in total. The molecule has 0 spiro atoms. The Morgan fingerprint density at radius 1 is 1.03 bits per heavy atom. The van der Waals surface area contributed by atoms with Crippen molar-refractivity contribution in [2.75, 3.05) is 27.4 Å². The molecular weight excluding hydrogens is 400 g/mol. The number of hydrogen-bond donors (Lipinski definition) is 2. The zero-order chi connectivity index (χ0) is 21.4. The lowest BCUT2D eigenvalue weighted by Gasteiger charge is -2.20. The lowest BCUT2D eigenvalue weighted by atomic mass is 9.96. The maximum Gasteiger partial charge on any atom is 0.406 e. The third-order valence-corrected chi connectivity index (χ3v) is 4.19. The fourth-order valence-corrected chi connectivity index (χ4v) is 2.84. The minimum atomic E-state index is -0.700. The number of amides is 2. The van der Waals surface area contributed by atoms with Crippen molar-refractivity contribution in [1.82, 2.24) is 5.32 Å². The fourth-order valence-electron chi connectivity index (χ4n) is 2.64. The van der Waals surface area contributed by atoms with E-state index in [4.69, 9.17) is 26.8 Å². The molecule has 2 aromatic carbocycles. The number of carbonyl (C=O) groups is 3. The highest BCUT2D eigenvalue weighted by molar-refractivity contribution is 6.30. The largest absolute Gasteiger partial charge is 0.465 e. The fraction of sp³-hybridized carbons (Fsp3) is 0.250. The van der Waals surface area contributed by atoms with Gasteiger partial charge in [0.15, 0.2) is 0 Å². The van der Waals surface area contributed by atoms with E-state index in [-0.39, 0.29) is 24.3 Å². The van der Waals surface area contributed by atoms with Crippen LogP contribution in [0.4, 0.5) is 4.79 Å². The van der Waals surface area contributed by atoms with E-state index in [9.17, 15) is 14.4 Å². The third-order valence-electron chi connectivity index (χ3n) is 3.96. The van der Waals surface area contributed by atoms with E-state index < -0.39 is 24.1 Å². The number of ether oxygens (including phenoxy) is 3. The lowest BCUT2D eigenvalue weighted by molar-refractivity contribution is 0.0598. The molecule has 0 heterocycles. The van der Waals surface area contributed by atoms with Crippen LogP contribution in [0, 0.1) is 0 Å². The highest BCUT2D eigenvalue weighted by Gasteiger charge is 2.20. The summed E-state index contributed by atoms with van der Waals surface area (Å²) in [6, 6.07) is 11.4. The summed E-state index contributed by atoms with van der Waals surface area (Å²) in [7, 11) is 2.50. The zero-order valence-electron chi connectivity index (χ0n) is 15.9. The van der Waals surface area contributed by atoms with Gasteiger partial charge in [0.2, 0.25) is 5.91 Å². The van der Waals surface area contributed by atoms with Gasteiger partial charge in [0.1, 0.15) is 6.10 Å². The number of esters is 1. The summed E-state index contributed by atoms with van der Waals surface area (Å²) >= 11 is 6.11. The van der Waals surface area contributed by atoms with Crippen LogP contribution in [-0.2, 0) is 14.2 Å². The molecule has 0 aliphatic rings. The third kappa shape index (κ3) is 6.20. The van der Waals surface area contributed by atoms with Crippen molar-refractivity contribution in [2.45, 2.75) is 6.10 Å². The Kier molecular flexibility index (Phi) is 7.99. The van der Waals surface area contributed by atoms with Gasteiger partial charge in [-0.1, -0.05) is 23.7 Å². The summed E-state index contributed by atoms with van der Waals surface area (Å²) in [6.07, 6.45) is -1.27. The van der Waals surface area contributed by atoms with E-state index in [1.165, 1.54) is 26.4 Å². The molecule has 0 bridgehead atoms. The molecule has 0 aliphatic heterocycles. The van der Waals surface area contributed by atoms with Crippen molar-refractivity contribution >= 4 is 29.6 Å². The van der Waals surface area contributed by atoms with Crippen LogP contribution >= 0.6 is 11.6 Å². The van der Waals surface area contributed by atoms with Crippen LogP contribution in [0.3, 0.4) is 0 Å². The van der Waals surface area contributed by atoms with Crippen molar-refractivity contribution in [3.8, 4) is 0 Å². The van der Waals surface area contributed by atoms with Crippen molar-refractivity contribution < 1.29 is 28.6 Å². The number of benzene rings is 2. The van der Waals surface area contributed by atoms with Crippen LogP contribution < -0.4 is 11.1 Å². The van der Waals surface area contributed by atoms with Gasteiger partial charge in [-0.2, -0.15) is 0 Å². The molecule has 154 valence electrons. The smallest absolute Gasteiger partial charge is 0.406 e. The standard InChI is InChI=1S/C20H21ClN2O6/c1-27-19(25)15-9-13(8-14(10-15)18(22)24)17(12-4-3-5-16(21)11-12)29-7-6-23-20(26)28-2/h3-5,8-11,17H,6-7H2,1-2H3,(H2,22,24)(H,23,26). The van der Waals surface area contributed by atoms with E-state index in [0.717, 1.165) is 0 Å². The summed E-state index contributed by atoms with van der Waals surface area (Å²) < 4.78 is 15.2. The number of primary amides is 1. The number of carbonyl (C=O) groups excluding carboxylic acids is 3. The summed E-state index contributed by atoms with van der Waals surface area (Å²) in [5.74, 6) is -1.32. The Labute approximate surface area is 172 Å². The number of rotatable bonds is 8. The molecular formula is C20H21ClN2O6. The molecule has 29 heavy (non-hydrogen) atoms. The summed E-state index contributed by atoms with van der Waals surface area (Å²) in [6.45, 7) is 0.309. The maximum absolute atomic E-state index is 12.0. The highest BCUT2D eigenvalue weighted by atomic mass is 35.5. The van der Waals surface area contributed by atoms with Gasteiger partial charge in [-0.15, -0.1) is 0 Å². The van der Waals surface area contributed by atoms with Gasteiger partial charge in [0.05, 0.1) is 26.4 Å².